The van der Waals surface area contributed by atoms with Gasteiger partial charge >= 0.3 is 0 Å². The van der Waals surface area contributed by atoms with Gasteiger partial charge in [0.2, 0.25) is 0 Å². The molecule has 182 valence electrons. The van der Waals surface area contributed by atoms with E-state index in [1.807, 2.05) is 49.4 Å². The maximum absolute atomic E-state index is 13.8. The molecule has 1 fully saturated rings. The predicted octanol–water partition coefficient (Wildman–Crippen LogP) is 2.98. The Labute approximate surface area is 201 Å². The van der Waals surface area contributed by atoms with Gasteiger partial charge in [-0.05, 0) is 63.8 Å². The average Bonchev–Trinajstić information content (AvgIpc) is 3.04. The quantitative estimate of drug-likeness (QED) is 0.487. The van der Waals surface area contributed by atoms with E-state index in [0.29, 0.717) is 43.0 Å². The van der Waals surface area contributed by atoms with Gasteiger partial charge in [-0.1, -0.05) is 12.1 Å². The topological polar surface area (TPSA) is 71.9 Å². The Morgan fingerprint density at radius 1 is 1.09 bits per heavy atom. The van der Waals surface area contributed by atoms with E-state index in [1.165, 1.54) is 0 Å². The van der Waals surface area contributed by atoms with E-state index >= 15 is 0 Å². The second kappa shape index (κ2) is 11.5. The van der Waals surface area contributed by atoms with Gasteiger partial charge in [0.05, 0.1) is 36.3 Å². The van der Waals surface area contributed by atoms with Crippen molar-refractivity contribution < 1.29 is 9.47 Å². The number of nitrogens with one attached hydrogen (secondary N) is 1. The minimum atomic E-state index is -0.0810. The third-order valence-corrected chi connectivity index (χ3v) is 6.16. The fourth-order valence-corrected chi connectivity index (χ4v) is 4.37. The Balaban J connectivity index is 1.81. The molecular formula is C26H35N5O3. The summed E-state index contributed by atoms with van der Waals surface area (Å²) in [7, 11) is 3.84. The van der Waals surface area contributed by atoms with Crippen molar-refractivity contribution in [3.8, 4) is 11.4 Å². The first-order valence-electron chi connectivity index (χ1n) is 12.0. The Kier molecular flexibility index (Phi) is 8.16. The number of hydrogen-bond donors (Lipinski definition) is 1. The van der Waals surface area contributed by atoms with Gasteiger partial charge in [0.25, 0.3) is 5.56 Å². The van der Waals surface area contributed by atoms with E-state index in [4.69, 9.17) is 14.5 Å². The van der Waals surface area contributed by atoms with Crippen LogP contribution in [0.2, 0.25) is 0 Å². The van der Waals surface area contributed by atoms with Gasteiger partial charge in [0.15, 0.2) is 0 Å². The van der Waals surface area contributed by atoms with Crippen molar-refractivity contribution in [2.45, 2.75) is 19.9 Å². The van der Waals surface area contributed by atoms with E-state index < -0.39 is 0 Å². The van der Waals surface area contributed by atoms with Crippen LogP contribution in [0.5, 0.6) is 5.75 Å². The SMILES string of the molecule is CCOc1ccccc1-n1c(CN2CCCN(C)CC2)nc2cc(NCCOC)ccc2c1=O. The fourth-order valence-electron chi connectivity index (χ4n) is 4.37. The van der Waals surface area contributed by atoms with Gasteiger partial charge in [0, 0.05) is 32.4 Å². The molecule has 8 nitrogen and oxygen atoms in total. The highest BCUT2D eigenvalue weighted by atomic mass is 16.5. The summed E-state index contributed by atoms with van der Waals surface area (Å²) >= 11 is 0. The smallest absolute Gasteiger partial charge is 0.266 e. The molecule has 0 radical (unpaired) electrons. The molecule has 0 bridgehead atoms. The zero-order valence-electron chi connectivity index (χ0n) is 20.4. The van der Waals surface area contributed by atoms with Crippen LogP contribution >= 0.6 is 0 Å². The van der Waals surface area contributed by atoms with Gasteiger partial charge in [-0.3, -0.25) is 14.3 Å². The number of ether oxygens (including phenoxy) is 2. The lowest BCUT2D eigenvalue weighted by Gasteiger charge is -2.23. The van der Waals surface area contributed by atoms with Crippen LogP contribution in [0.1, 0.15) is 19.2 Å². The third-order valence-electron chi connectivity index (χ3n) is 6.16. The number of hydrogen-bond acceptors (Lipinski definition) is 7. The molecule has 1 aliphatic heterocycles. The van der Waals surface area contributed by atoms with Crippen molar-refractivity contribution >= 4 is 16.6 Å². The van der Waals surface area contributed by atoms with E-state index in [-0.39, 0.29) is 5.56 Å². The lowest BCUT2D eigenvalue weighted by Crippen LogP contribution is -2.33. The molecule has 0 amide bonds. The van der Waals surface area contributed by atoms with Gasteiger partial charge in [-0.25, -0.2) is 4.98 Å². The second-order valence-electron chi connectivity index (χ2n) is 8.65. The van der Waals surface area contributed by atoms with Crippen LogP contribution in [0, 0.1) is 0 Å². The molecule has 4 rings (SSSR count). The molecular weight excluding hydrogens is 430 g/mol. The van der Waals surface area contributed by atoms with E-state index in [0.717, 1.165) is 49.8 Å². The molecule has 0 spiro atoms. The first-order chi connectivity index (χ1) is 16.6. The number of nitrogens with zero attached hydrogens (tertiary/aromatic N) is 4. The van der Waals surface area contributed by atoms with Crippen LogP contribution in [-0.2, 0) is 11.3 Å². The number of para-hydroxylation sites is 2. The van der Waals surface area contributed by atoms with Crippen molar-refractivity contribution in [2.75, 3.05) is 65.4 Å². The first-order valence-corrected chi connectivity index (χ1v) is 12.0. The van der Waals surface area contributed by atoms with E-state index in [9.17, 15) is 4.79 Å². The third kappa shape index (κ3) is 5.58. The van der Waals surface area contributed by atoms with Crippen molar-refractivity contribution in [1.82, 2.24) is 19.4 Å². The minimum absolute atomic E-state index is 0.0810. The molecule has 1 aromatic heterocycles. The molecule has 2 heterocycles. The van der Waals surface area contributed by atoms with Gasteiger partial charge in [-0.15, -0.1) is 0 Å². The highest BCUT2D eigenvalue weighted by molar-refractivity contribution is 5.82. The van der Waals surface area contributed by atoms with Gasteiger partial charge in [-0.2, -0.15) is 0 Å². The van der Waals surface area contributed by atoms with Crippen LogP contribution in [0.4, 0.5) is 5.69 Å². The number of anilines is 1. The van der Waals surface area contributed by atoms with Crippen LogP contribution in [0.3, 0.4) is 0 Å². The Hall–Kier alpha value is -2.94. The van der Waals surface area contributed by atoms with Crippen LogP contribution in [0.25, 0.3) is 16.6 Å². The molecule has 8 heteroatoms. The summed E-state index contributed by atoms with van der Waals surface area (Å²) in [5, 5.41) is 3.92. The minimum Gasteiger partial charge on any atom is -0.492 e. The number of rotatable bonds is 9. The molecule has 0 aliphatic carbocycles. The molecule has 1 N–H and O–H groups in total. The number of methoxy groups -OCH3 is 1. The van der Waals surface area contributed by atoms with E-state index in [1.54, 1.807) is 11.7 Å². The zero-order chi connectivity index (χ0) is 23.9. The molecule has 1 saturated heterocycles. The molecule has 2 aromatic carbocycles. The average molecular weight is 466 g/mol. The molecule has 3 aromatic rings. The number of aromatic nitrogens is 2. The monoisotopic (exact) mass is 465 g/mol. The zero-order valence-corrected chi connectivity index (χ0v) is 20.4. The van der Waals surface area contributed by atoms with E-state index in [2.05, 4.69) is 22.2 Å². The van der Waals surface area contributed by atoms with Crippen LogP contribution < -0.4 is 15.6 Å². The Morgan fingerprint density at radius 3 is 2.76 bits per heavy atom. The normalized spacial score (nSPS) is 15.4. The van der Waals surface area contributed by atoms with Crippen LogP contribution in [0.15, 0.2) is 47.3 Å². The second-order valence-corrected chi connectivity index (χ2v) is 8.65. The van der Waals surface area contributed by atoms with Crippen molar-refractivity contribution in [2.24, 2.45) is 0 Å². The van der Waals surface area contributed by atoms with Crippen molar-refractivity contribution in [3.63, 3.8) is 0 Å². The molecule has 34 heavy (non-hydrogen) atoms. The number of benzene rings is 2. The highest BCUT2D eigenvalue weighted by Gasteiger charge is 2.20. The fraction of sp³-hybridized carbons (Fsp3) is 0.462. The summed E-state index contributed by atoms with van der Waals surface area (Å²) in [6.45, 7) is 8.37. The lowest BCUT2D eigenvalue weighted by molar-refractivity contribution is 0.211. The Morgan fingerprint density at radius 2 is 1.94 bits per heavy atom. The van der Waals surface area contributed by atoms with Crippen molar-refractivity contribution in [1.29, 1.82) is 0 Å². The maximum atomic E-state index is 13.8. The maximum Gasteiger partial charge on any atom is 0.266 e. The first kappa shape index (κ1) is 24.2. The number of likely N-dealkylation sites (N-methyl/N-ethyl adjacent to an activating group) is 1. The standard InChI is InChI=1S/C26H35N5O3/c1-4-34-24-9-6-5-8-23(24)31-25(19-30-14-7-13-29(2)15-16-30)28-22-18-20(27-12-17-33-3)10-11-21(22)26(31)32/h5-6,8-11,18,27H,4,7,12-17,19H2,1-3H3. The number of fused-ring (bicyclic) bond motifs is 1. The summed E-state index contributed by atoms with van der Waals surface area (Å²) in [5.41, 5.74) is 2.27. The van der Waals surface area contributed by atoms with Gasteiger partial charge in [0.1, 0.15) is 11.6 Å². The summed E-state index contributed by atoms with van der Waals surface area (Å²) in [5.74, 6) is 1.41. The predicted molar refractivity (Wildman–Crippen MR) is 136 cm³/mol. The molecule has 0 saturated carbocycles. The van der Waals surface area contributed by atoms with Gasteiger partial charge < -0.3 is 19.7 Å². The highest BCUT2D eigenvalue weighted by Crippen LogP contribution is 2.25. The molecule has 0 atom stereocenters. The molecule has 1 aliphatic rings. The Bertz CT molecular complexity index is 1160. The largest absolute Gasteiger partial charge is 0.492 e. The summed E-state index contributed by atoms with van der Waals surface area (Å²) in [4.78, 5) is 23.6. The summed E-state index contributed by atoms with van der Waals surface area (Å²) in [6.07, 6.45) is 1.09. The van der Waals surface area contributed by atoms with Crippen molar-refractivity contribution in [3.05, 3.63) is 58.6 Å². The molecule has 0 unspecified atom stereocenters. The van der Waals surface area contributed by atoms with Crippen LogP contribution in [-0.4, -0.2) is 79.4 Å². The summed E-state index contributed by atoms with van der Waals surface area (Å²) < 4.78 is 12.8. The summed E-state index contributed by atoms with van der Waals surface area (Å²) in [6, 6.07) is 13.4. The lowest BCUT2D eigenvalue weighted by atomic mass is 10.2.